The van der Waals surface area contributed by atoms with Crippen LogP contribution in [-0.4, -0.2) is 38.7 Å². The Kier molecular flexibility index (Phi) is 5.54. The topological polar surface area (TPSA) is 81.4 Å². The molecule has 0 aromatic heterocycles. The first-order valence-electron chi connectivity index (χ1n) is 6.96. The lowest BCUT2D eigenvalue weighted by Crippen LogP contribution is -2.50. The van der Waals surface area contributed by atoms with E-state index in [0.29, 0.717) is 37.5 Å². The summed E-state index contributed by atoms with van der Waals surface area (Å²) in [5.74, 6) is 0.605. The number of rotatable bonds is 6. The maximum Gasteiger partial charge on any atom is 0.212 e. The summed E-state index contributed by atoms with van der Waals surface area (Å²) in [5, 5.41) is 0. The van der Waals surface area contributed by atoms with Gasteiger partial charge in [-0.15, -0.1) is 11.8 Å². The maximum absolute atomic E-state index is 12.2. The van der Waals surface area contributed by atoms with E-state index in [9.17, 15) is 8.42 Å². The summed E-state index contributed by atoms with van der Waals surface area (Å²) in [6, 6.07) is 7.47. The summed E-state index contributed by atoms with van der Waals surface area (Å²) in [4.78, 5) is 0.988. The van der Waals surface area contributed by atoms with Gasteiger partial charge in [-0.2, -0.15) is 0 Å². The average Bonchev–Trinajstić information content (AvgIpc) is 2.38. The van der Waals surface area contributed by atoms with E-state index in [1.165, 1.54) is 11.8 Å². The number of nitrogens with one attached hydrogen (secondary N) is 1. The number of ether oxygens (including phenoxy) is 1. The number of hydrogen-bond acceptors (Lipinski definition) is 5. The zero-order valence-electron chi connectivity index (χ0n) is 12.2. The van der Waals surface area contributed by atoms with Gasteiger partial charge in [0.25, 0.3) is 0 Å². The molecule has 0 atom stereocenters. The molecule has 1 aromatic carbocycles. The van der Waals surface area contributed by atoms with Gasteiger partial charge in [-0.1, -0.05) is 6.07 Å². The van der Waals surface area contributed by atoms with Gasteiger partial charge in [-0.05, 0) is 38.0 Å². The third-order valence-corrected chi connectivity index (χ3v) is 6.28. The Bertz CT molecular complexity index is 569. The van der Waals surface area contributed by atoms with Crippen LogP contribution in [0.3, 0.4) is 0 Å². The molecular formula is C14H22N2O3S2. The lowest BCUT2D eigenvalue weighted by atomic mass is 9.94. The van der Waals surface area contributed by atoms with Crippen molar-refractivity contribution in [2.24, 2.45) is 0 Å². The van der Waals surface area contributed by atoms with E-state index in [2.05, 4.69) is 4.72 Å². The monoisotopic (exact) mass is 330 g/mol. The summed E-state index contributed by atoms with van der Waals surface area (Å²) in [6.07, 6.45) is 1.43. The molecule has 0 bridgehead atoms. The molecule has 7 heteroatoms. The summed E-state index contributed by atoms with van der Waals surface area (Å²) < 4.78 is 32.4. The molecule has 1 aliphatic rings. The van der Waals surface area contributed by atoms with Crippen LogP contribution in [0.15, 0.2) is 29.2 Å². The molecule has 0 spiro atoms. The third-order valence-electron chi connectivity index (χ3n) is 3.48. The van der Waals surface area contributed by atoms with Crippen LogP contribution in [0, 0.1) is 0 Å². The van der Waals surface area contributed by atoms with Gasteiger partial charge in [0.1, 0.15) is 0 Å². The highest BCUT2D eigenvalue weighted by molar-refractivity contribution is 8.00. The van der Waals surface area contributed by atoms with Crippen LogP contribution in [0.4, 0.5) is 5.69 Å². The second-order valence-electron chi connectivity index (χ2n) is 5.51. The fourth-order valence-electron chi connectivity index (χ4n) is 2.22. The van der Waals surface area contributed by atoms with Crippen molar-refractivity contribution in [1.82, 2.24) is 4.72 Å². The smallest absolute Gasteiger partial charge is 0.212 e. The van der Waals surface area contributed by atoms with E-state index < -0.39 is 10.0 Å². The number of sulfonamides is 1. The van der Waals surface area contributed by atoms with E-state index >= 15 is 0 Å². The molecule has 1 aliphatic heterocycles. The van der Waals surface area contributed by atoms with Crippen LogP contribution in [0.1, 0.15) is 19.8 Å². The highest BCUT2D eigenvalue weighted by atomic mass is 32.2. The fraction of sp³-hybridized carbons (Fsp3) is 0.571. The van der Waals surface area contributed by atoms with Crippen molar-refractivity contribution in [3.8, 4) is 0 Å². The molecule has 5 nitrogen and oxygen atoms in total. The second-order valence-corrected chi connectivity index (χ2v) is 8.53. The highest BCUT2D eigenvalue weighted by Gasteiger charge is 2.31. The molecule has 0 saturated carbocycles. The largest absolute Gasteiger partial charge is 0.399 e. The van der Waals surface area contributed by atoms with Crippen molar-refractivity contribution >= 4 is 27.5 Å². The van der Waals surface area contributed by atoms with Crippen LogP contribution >= 0.6 is 11.8 Å². The van der Waals surface area contributed by atoms with E-state index in [0.717, 1.165) is 4.90 Å². The molecule has 0 unspecified atom stereocenters. The SMILES string of the molecule is CC1(NS(=O)(=O)CCSc2cccc(N)c2)CCOCC1. The Morgan fingerprint density at radius 1 is 1.38 bits per heavy atom. The molecule has 21 heavy (non-hydrogen) atoms. The molecule has 1 fully saturated rings. The van der Waals surface area contributed by atoms with Crippen LogP contribution in [0.2, 0.25) is 0 Å². The number of benzene rings is 1. The minimum absolute atomic E-state index is 0.100. The van der Waals surface area contributed by atoms with E-state index in [1.54, 1.807) is 0 Å². The van der Waals surface area contributed by atoms with E-state index in [1.807, 2.05) is 31.2 Å². The molecule has 3 N–H and O–H groups in total. The number of thioether (sulfide) groups is 1. The molecule has 2 rings (SSSR count). The number of nitrogen functional groups attached to an aromatic ring is 1. The fourth-order valence-corrected chi connectivity index (χ4v) is 5.12. The maximum atomic E-state index is 12.2. The standard InChI is InChI=1S/C14H22N2O3S2/c1-14(5-7-19-8-6-14)16-21(17,18)10-9-20-13-4-2-3-12(15)11-13/h2-4,11,16H,5-10,15H2,1H3. The number of nitrogens with two attached hydrogens (primary N) is 1. The molecular weight excluding hydrogens is 308 g/mol. The Morgan fingerprint density at radius 3 is 2.76 bits per heavy atom. The zero-order chi connectivity index (χ0) is 15.3. The summed E-state index contributed by atoms with van der Waals surface area (Å²) in [6.45, 7) is 3.16. The Morgan fingerprint density at radius 2 is 2.10 bits per heavy atom. The molecule has 1 heterocycles. The van der Waals surface area contributed by atoms with Crippen molar-refractivity contribution in [1.29, 1.82) is 0 Å². The molecule has 0 aliphatic carbocycles. The van der Waals surface area contributed by atoms with Crippen molar-refractivity contribution in [3.05, 3.63) is 24.3 Å². The summed E-state index contributed by atoms with van der Waals surface area (Å²) >= 11 is 1.50. The number of hydrogen-bond donors (Lipinski definition) is 2. The van der Waals surface area contributed by atoms with Crippen molar-refractivity contribution in [3.63, 3.8) is 0 Å². The summed E-state index contributed by atoms with van der Waals surface area (Å²) in [5.41, 5.74) is 6.02. The summed E-state index contributed by atoms with van der Waals surface area (Å²) in [7, 11) is -3.28. The first-order chi connectivity index (χ1) is 9.89. The van der Waals surface area contributed by atoms with Gasteiger partial charge in [0.05, 0.1) is 5.75 Å². The highest BCUT2D eigenvalue weighted by Crippen LogP contribution is 2.23. The van der Waals surface area contributed by atoms with Gasteiger partial charge in [0.2, 0.25) is 10.0 Å². The van der Waals surface area contributed by atoms with Crippen molar-refractivity contribution in [2.45, 2.75) is 30.2 Å². The predicted molar refractivity (Wildman–Crippen MR) is 87.0 cm³/mol. The van der Waals surface area contributed by atoms with E-state index in [-0.39, 0.29) is 11.3 Å². The Hall–Kier alpha value is -0.760. The van der Waals surface area contributed by atoms with Gasteiger partial charge in [-0.25, -0.2) is 13.1 Å². The first-order valence-corrected chi connectivity index (χ1v) is 9.60. The third kappa shape index (κ3) is 5.50. The van der Waals surface area contributed by atoms with Gasteiger partial charge in [-0.3, -0.25) is 0 Å². The minimum atomic E-state index is -3.28. The molecule has 1 aromatic rings. The van der Waals surface area contributed by atoms with Crippen molar-refractivity contribution < 1.29 is 13.2 Å². The van der Waals surface area contributed by atoms with Gasteiger partial charge < -0.3 is 10.5 Å². The minimum Gasteiger partial charge on any atom is -0.399 e. The average molecular weight is 330 g/mol. The van der Waals surface area contributed by atoms with Crippen LogP contribution in [0.25, 0.3) is 0 Å². The van der Waals surface area contributed by atoms with Gasteiger partial charge >= 0.3 is 0 Å². The molecule has 0 amide bonds. The van der Waals surface area contributed by atoms with Gasteiger partial charge in [0.15, 0.2) is 0 Å². The lowest BCUT2D eigenvalue weighted by Gasteiger charge is -2.34. The van der Waals surface area contributed by atoms with Crippen LogP contribution in [-0.2, 0) is 14.8 Å². The lowest BCUT2D eigenvalue weighted by molar-refractivity contribution is 0.0538. The quantitative estimate of drug-likeness (QED) is 0.614. The normalized spacial score (nSPS) is 18.5. The van der Waals surface area contributed by atoms with E-state index in [4.69, 9.17) is 10.5 Å². The first kappa shape index (κ1) is 16.6. The Labute approximate surface area is 130 Å². The van der Waals surface area contributed by atoms with Crippen LogP contribution in [0.5, 0.6) is 0 Å². The Balaban J connectivity index is 1.83. The molecule has 1 saturated heterocycles. The van der Waals surface area contributed by atoms with Crippen LogP contribution < -0.4 is 10.5 Å². The predicted octanol–water partition coefficient (Wildman–Crippen LogP) is 1.85. The number of anilines is 1. The zero-order valence-corrected chi connectivity index (χ0v) is 13.8. The molecule has 0 radical (unpaired) electrons. The molecule has 118 valence electrons. The van der Waals surface area contributed by atoms with Crippen molar-refractivity contribution in [2.75, 3.05) is 30.5 Å². The second kappa shape index (κ2) is 7.00. The van der Waals surface area contributed by atoms with Gasteiger partial charge in [0, 0.05) is 35.1 Å².